The van der Waals surface area contributed by atoms with E-state index in [9.17, 15) is 14.9 Å². The molecule has 3 atom stereocenters. The van der Waals surface area contributed by atoms with Crippen LogP contribution in [0.3, 0.4) is 0 Å². The Morgan fingerprint density at radius 2 is 2.58 bits per heavy atom. The van der Waals surface area contributed by atoms with E-state index in [4.69, 9.17) is 13.6 Å². The fourth-order valence-corrected chi connectivity index (χ4v) is 0.896. The highest BCUT2D eigenvalue weighted by Crippen LogP contribution is 2.36. The third-order valence-corrected chi connectivity index (χ3v) is 1.69. The van der Waals surface area contributed by atoms with Crippen molar-refractivity contribution in [3.05, 3.63) is 10.1 Å². The summed E-state index contributed by atoms with van der Waals surface area (Å²) in [6, 6.07) is -2.70. The zero-order valence-corrected chi connectivity index (χ0v) is 6.14. The summed E-state index contributed by atoms with van der Waals surface area (Å²) in [6.07, 6.45) is -2.16. The molecule has 6 heteroatoms. The molecule has 0 aromatic carbocycles. The molecule has 0 aromatic rings. The van der Waals surface area contributed by atoms with E-state index >= 15 is 0 Å². The first kappa shape index (κ1) is 6.36. The van der Waals surface area contributed by atoms with Gasteiger partial charge in [0.05, 0.1) is 0 Å². The van der Waals surface area contributed by atoms with Gasteiger partial charge in [0.1, 0.15) is 6.04 Å². The summed E-state index contributed by atoms with van der Waals surface area (Å²) in [4.78, 5) is 20.1. The standard InChI is InChI=1S/C6H10N2O4/c7-4(6(9)10)1-3-2-5(3)8(11)12/h3-5H,1-2,7H2,(H,9,10)/t3-,4?,5-/m1/s1/i1D2. The van der Waals surface area contributed by atoms with Gasteiger partial charge in [0, 0.05) is 20.0 Å². The normalized spacial score (nSPS) is 33.1. The molecule has 0 spiro atoms. The minimum Gasteiger partial charge on any atom is -0.480 e. The minimum atomic E-state index is -2.22. The van der Waals surface area contributed by atoms with Crippen molar-refractivity contribution in [2.24, 2.45) is 11.7 Å². The number of nitrogens with two attached hydrogens (primary N) is 1. The highest BCUT2D eigenvalue weighted by atomic mass is 16.6. The van der Waals surface area contributed by atoms with Crippen LogP contribution in [0.2, 0.25) is 0 Å². The van der Waals surface area contributed by atoms with Gasteiger partial charge in [0.2, 0.25) is 6.04 Å². The van der Waals surface area contributed by atoms with E-state index in [2.05, 4.69) is 0 Å². The zero-order chi connectivity index (χ0) is 11.1. The molecule has 0 aliphatic heterocycles. The number of carboxylic acids is 1. The number of carboxylic acid groups (broad SMARTS) is 1. The summed E-state index contributed by atoms with van der Waals surface area (Å²) in [6.45, 7) is 0. The Bertz CT molecular complexity index is 283. The van der Waals surface area contributed by atoms with E-state index in [1.165, 1.54) is 0 Å². The monoisotopic (exact) mass is 176 g/mol. The summed E-state index contributed by atoms with van der Waals surface area (Å²) in [5.41, 5.74) is 5.10. The predicted molar refractivity (Wildman–Crippen MR) is 39.1 cm³/mol. The molecule has 0 saturated heterocycles. The second kappa shape index (κ2) is 3.06. The Morgan fingerprint density at radius 1 is 2.00 bits per heavy atom. The first-order valence-electron chi connectivity index (χ1n) is 4.40. The number of aliphatic carboxylic acids is 1. The van der Waals surface area contributed by atoms with E-state index in [-0.39, 0.29) is 6.42 Å². The molecule has 1 aliphatic rings. The molecule has 1 saturated carbocycles. The van der Waals surface area contributed by atoms with Gasteiger partial charge in [-0.05, 0) is 6.37 Å². The minimum absolute atomic E-state index is 0.0565. The quantitative estimate of drug-likeness (QED) is 0.441. The van der Waals surface area contributed by atoms with Crippen molar-refractivity contribution in [2.75, 3.05) is 0 Å². The van der Waals surface area contributed by atoms with E-state index in [0.29, 0.717) is 0 Å². The highest BCUT2D eigenvalue weighted by Gasteiger charge is 2.49. The van der Waals surface area contributed by atoms with Crippen LogP contribution in [0.4, 0.5) is 0 Å². The first-order valence-corrected chi connectivity index (χ1v) is 3.40. The van der Waals surface area contributed by atoms with Crippen LogP contribution in [0.25, 0.3) is 0 Å². The van der Waals surface area contributed by atoms with Crippen molar-refractivity contribution in [3.8, 4) is 0 Å². The lowest BCUT2D eigenvalue weighted by Crippen LogP contribution is -2.31. The molecule has 68 valence electrons. The summed E-state index contributed by atoms with van der Waals surface area (Å²) in [5, 5.41) is 18.7. The largest absolute Gasteiger partial charge is 0.480 e. The van der Waals surface area contributed by atoms with Gasteiger partial charge in [-0.15, -0.1) is 0 Å². The van der Waals surface area contributed by atoms with Crippen LogP contribution in [0.15, 0.2) is 0 Å². The Balaban J connectivity index is 2.68. The van der Waals surface area contributed by atoms with E-state index in [1.807, 2.05) is 0 Å². The molecular formula is C6H10N2O4. The topological polar surface area (TPSA) is 106 Å². The molecule has 0 radical (unpaired) electrons. The second-order valence-electron chi connectivity index (χ2n) is 2.68. The van der Waals surface area contributed by atoms with E-state index < -0.39 is 35.3 Å². The molecule has 1 rings (SSSR count). The van der Waals surface area contributed by atoms with E-state index in [1.54, 1.807) is 0 Å². The second-order valence-corrected chi connectivity index (χ2v) is 2.68. The molecule has 1 unspecified atom stereocenters. The van der Waals surface area contributed by atoms with Gasteiger partial charge < -0.3 is 10.8 Å². The summed E-state index contributed by atoms with van der Waals surface area (Å²) in [7, 11) is 0. The number of nitrogens with zero attached hydrogens (tertiary/aromatic N) is 1. The molecule has 3 N–H and O–H groups in total. The Labute approximate surface area is 71.3 Å². The molecule has 6 nitrogen and oxygen atoms in total. The van der Waals surface area contributed by atoms with Crippen molar-refractivity contribution >= 4 is 5.97 Å². The average Bonchev–Trinajstić information content (AvgIpc) is 2.81. The molecule has 0 bridgehead atoms. The Hall–Kier alpha value is -1.17. The van der Waals surface area contributed by atoms with Gasteiger partial charge in [0.15, 0.2) is 0 Å². The van der Waals surface area contributed by atoms with Crippen molar-refractivity contribution in [2.45, 2.75) is 24.9 Å². The van der Waals surface area contributed by atoms with Crippen LogP contribution in [0, 0.1) is 16.0 Å². The van der Waals surface area contributed by atoms with Gasteiger partial charge in [-0.25, -0.2) is 0 Å². The third-order valence-electron chi connectivity index (χ3n) is 1.69. The molecule has 0 aromatic heterocycles. The zero-order valence-electron chi connectivity index (χ0n) is 8.14. The maximum absolute atomic E-state index is 10.4. The van der Waals surface area contributed by atoms with Gasteiger partial charge in [0.25, 0.3) is 0 Å². The maximum atomic E-state index is 10.4. The lowest BCUT2D eigenvalue weighted by molar-refractivity contribution is -0.498. The van der Waals surface area contributed by atoms with Crippen molar-refractivity contribution in [3.63, 3.8) is 0 Å². The summed E-state index contributed by atoms with van der Waals surface area (Å²) >= 11 is 0. The summed E-state index contributed by atoms with van der Waals surface area (Å²) < 4.78 is 14.7. The molecule has 0 heterocycles. The number of nitro groups is 1. The number of hydrogen-bond acceptors (Lipinski definition) is 4. The van der Waals surface area contributed by atoms with Crippen molar-refractivity contribution in [1.82, 2.24) is 0 Å². The first-order chi connectivity index (χ1) is 6.28. The average molecular weight is 176 g/mol. The van der Waals surface area contributed by atoms with Crippen LogP contribution in [-0.4, -0.2) is 28.1 Å². The molecule has 1 aliphatic carbocycles. The lowest BCUT2D eigenvalue weighted by atomic mass is 10.1. The fraction of sp³-hybridized carbons (Fsp3) is 0.833. The van der Waals surface area contributed by atoms with Crippen LogP contribution in [0.1, 0.15) is 15.5 Å². The summed E-state index contributed by atoms with van der Waals surface area (Å²) in [5.74, 6) is -2.37. The number of rotatable bonds is 4. The smallest absolute Gasteiger partial charge is 0.320 e. The SMILES string of the molecule is [2H]C([2H])(C(N)C(=O)O)[C@@H]1C[C@H]1[N+](=O)[O-]. The van der Waals surface area contributed by atoms with Crippen molar-refractivity contribution < 1.29 is 17.6 Å². The van der Waals surface area contributed by atoms with Crippen molar-refractivity contribution in [1.29, 1.82) is 0 Å². The predicted octanol–water partition coefficient (Wildman–Crippen LogP) is -0.546. The third kappa shape index (κ3) is 1.91. The molecular weight excluding hydrogens is 164 g/mol. The Kier molecular flexibility index (Phi) is 1.62. The lowest BCUT2D eigenvalue weighted by Gasteiger charge is -2.02. The van der Waals surface area contributed by atoms with Gasteiger partial charge >= 0.3 is 5.97 Å². The molecule has 0 amide bonds. The van der Waals surface area contributed by atoms with Gasteiger partial charge in [-0.1, -0.05) is 0 Å². The van der Waals surface area contributed by atoms with Crippen LogP contribution < -0.4 is 5.73 Å². The number of carbonyl (C=O) groups is 1. The van der Waals surface area contributed by atoms with Gasteiger partial charge in [-0.3, -0.25) is 14.9 Å². The van der Waals surface area contributed by atoms with Crippen LogP contribution in [0.5, 0.6) is 0 Å². The van der Waals surface area contributed by atoms with E-state index in [0.717, 1.165) is 0 Å². The fourth-order valence-electron chi connectivity index (χ4n) is 0.896. The molecule has 1 fully saturated rings. The Morgan fingerprint density at radius 3 is 2.92 bits per heavy atom. The maximum Gasteiger partial charge on any atom is 0.320 e. The van der Waals surface area contributed by atoms with Gasteiger partial charge in [-0.2, -0.15) is 0 Å². The molecule has 12 heavy (non-hydrogen) atoms. The van der Waals surface area contributed by atoms with Crippen LogP contribution >= 0.6 is 0 Å². The highest BCUT2D eigenvalue weighted by molar-refractivity contribution is 5.73. The number of hydrogen-bond donors (Lipinski definition) is 2. The van der Waals surface area contributed by atoms with Crippen LogP contribution in [-0.2, 0) is 4.79 Å².